The Bertz CT molecular complexity index is 791. The molecular weight excluding hydrogens is 260 g/mol. The Labute approximate surface area is 123 Å². The fourth-order valence-corrected chi connectivity index (χ4v) is 2.51. The van der Waals surface area contributed by atoms with Crippen LogP contribution in [0, 0.1) is 0 Å². The lowest BCUT2D eigenvalue weighted by molar-refractivity contribution is -0.117. The Morgan fingerprint density at radius 2 is 1.86 bits per heavy atom. The zero-order valence-corrected chi connectivity index (χ0v) is 11.6. The highest BCUT2D eigenvalue weighted by Gasteiger charge is 2.08. The van der Waals surface area contributed by atoms with Crippen LogP contribution in [0.15, 0.2) is 60.8 Å². The minimum Gasteiger partial charge on any atom is -0.399 e. The van der Waals surface area contributed by atoms with Crippen LogP contribution in [0.1, 0.15) is 11.1 Å². The van der Waals surface area contributed by atoms with E-state index in [1.54, 1.807) is 6.20 Å². The third-order valence-corrected chi connectivity index (χ3v) is 3.48. The SMILES string of the molecule is Nc1cccc(CC(=O)Cc2ccnc3ccccc23)c1. The van der Waals surface area contributed by atoms with E-state index < -0.39 is 0 Å². The topological polar surface area (TPSA) is 56.0 Å². The van der Waals surface area contributed by atoms with Crippen molar-refractivity contribution in [3.05, 3.63) is 71.9 Å². The smallest absolute Gasteiger partial charge is 0.141 e. The first kappa shape index (κ1) is 13.3. The number of para-hydroxylation sites is 1. The van der Waals surface area contributed by atoms with E-state index in [-0.39, 0.29) is 5.78 Å². The van der Waals surface area contributed by atoms with Crippen LogP contribution in [-0.2, 0) is 17.6 Å². The van der Waals surface area contributed by atoms with E-state index in [1.807, 2.05) is 54.6 Å². The predicted molar refractivity (Wildman–Crippen MR) is 85.0 cm³/mol. The molecule has 1 heterocycles. The molecule has 1 aromatic heterocycles. The summed E-state index contributed by atoms with van der Waals surface area (Å²) in [5, 5.41) is 1.04. The van der Waals surface area contributed by atoms with E-state index in [9.17, 15) is 4.79 Å². The summed E-state index contributed by atoms with van der Waals surface area (Å²) in [5.41, 5.74) is 9.33. The summed E-state index contributed by atoms with van der Waals surface area (Å²) in [7, 11) is 0. The Morgan fingerprint density at radius 1 is 1.00 bits per heavy atom. The molecule has 0 amide bonds. The van der Waals surface area contributed by atoms with Gasteiger partial charge in [-0.3, -0.25) is 9.78 Å². The molecule has 0 aliphatic carbocycles. The van der Waals surface area contributed by atoms with Crippen molar-refractivity contribution in [2.24, 2.45) is 0 Å². The molecule has 21 heavy (non-hydrogen) atoms. The van der Waals surface area contributed by atoms with Crippen molar-refractivity contribution in [2.75, 3.05) is 5.73 Å². The number of nitrogen functional groups attached to an aromatic ring is 1. The molecule has 3 aromatic rings. The maximum Gasteiger partial charge on any atom is 0.141 e. The van der Waals surface area contributed by atoms with Gasteiger partial charge in [0.05, 0.1) is 5.52 Å². The minimum atomic E-state index is 0.178. The maximum absolute atomic E-state index is 12.3. The van der Waals surface area contributed by atoms with Gasteiger partial charge in [-0.05, 0) is 35.4 Å². The molecule has 0 aliphatic rings. The molecule has 0 radical (unpaired) electrons. The number of Topliss-reactive ketones (excluding diaryl/α,β-unsaturated/α-hetero) is 1. The van der Waals surface area contributed by atoms with Gasteiger partial charge in [-0.15, -0.1) is 0 Å². The Balaban J connectivity index is 1.80. The van der Waals surface area contributed by atoms with Crippen molar-refractivity contribution >= 4 is 22.4 Å². The van der Waals surface area contributed by atoms with Gasteiger partial charge in [0.1, 0.15) is 5.78 Å². The van der Waals surface area contributed by atoms with Crippen LogP contribution >= 0.6 is 0 Å². The third-order valence-electron chi connectivity index (χ3n) is 3.48. The summed E-state index contributed by atoms with van der Waals surface area (Å²) in [6.45, 7) is 0. The number of carbonyl (C=O) groups excluding carboxylic acids is 1. The Kier molecular flexibility index (Phi) is 3.65. The second kappa shape index (κ2) is 5.75. The standard InChI is InChI=1S/C18H16N2O/c19-15-5-3-4-13(10-15)11-16(21)12-14-8-9-20-18-7-2-1-6-17(14)18/h1-10H,11-12,19H2. The molecule has 0 saturated carbocycles. The van der Waals surface area contributed by atoms with Gasteiger partial charge >= 0.3 is 0 Å². The molecular formula is C18H16N2O. The van der Waals surface area contributed by atoms with Crippen LogP contribution in [0.5, 0.6) is 0 Å². The quantitative estimate of drug-likeness (QED) is 0.745. The van der Waals surface area contributed by atoms with Crippen LogP contribution in [0.2, 0.25) is 0 Å². The monoisotopic (exact) mass is 276 g/mol. The first-order chi connectivity index (χ1) is 10.2. The van der Waals surface area contributed by atoms with Crippen LogP contribution in [0.25, 0.3) is 10.9 Å². The maximum atomic E-state index is 12.3. The lowest BCUT2D eigenvalue weighted by Gasteiger charge is -2.06. The minimum absolute atomic E-state index is 0.178. The zero-order chi connectivity index (χ0) is 14.7. The van der Waals surface area contributed by atoms with Gasteiger partial charge in [-0.2, -0.15) is 0 Å². The van der Waals surface area contributed by atoms with E-state index in [0.29, 0.717) is 18.5 Å². The van der Waals surface area contributed by atoms with Gasteiger partial charge in [0.2, 0.25) is 0 Å². The number of anilines is 1. The first-order valence-corrected chi connectivity index (χ1v) is 6.91. The second-order valence-electron chi connectivity index (χ2n) is 5.12. The van der Waals surface area contributed by atoms with Crippen molar-refractivity contribution in [1.29, 1.82) is 0 Å². The fraction of sp³-hybridized carbons (Fsp3) is 0.111. The van der Waals surface area contributed by atoms with E-state index in [2.05, 4.69) is 4.98 Å². The fourth-order valence-electron chi connectivity index (χ4n) is 2.51. The van der Waals surface area contributed by atoms with Crippen LogP contribution < -0.4 is 5.73 Å². The van der Waals surface area contributed by atoms with Crippen LogP contribution in [0.3, 0.4) is 0 Å². The molecule has 0 aliphatic heterocycles. The molecule has 104 valence electrons. The van der Waals surface area contributed by atoms with E-state index in [4.69, 9.17) is 5.73 Å². The first-order valence-electron chi connectivity index (χ1n) is 6.91. The predicted octanol–water partition coefficient (Wildman–Crippen LogP) is 3.17. The molecule has 0 atom stereocenters. The average Bonchev–Trinajstić information content (AvgIpc) is 2.47. The molecule has 0 unspecified atom stereocenters. The van der Waals surface area contributed by atoms with Crippen molar-refractivity contribution in [2.45, 2.75) is 12.8 Å². The molecule has 3 rings (SSSR count). The Morgan fingerprint density at radius 3 is 2.71 bits per heavy atom. The number of carbonyl (C=O) groups is 1. The molecule has 3 heteroatoms. The average molecular weight is 276 g/mol. The normalized spacial score (nSPS) is 10.7. The number of hydrogen-bond donors (Lipinski definition) is 1. The molecule has 0 bridgehead atoms. The van der Waals surface area contributed by atoms with Gasteiger partial charge in [0.15, 0.2) is 0 Å². The van der Waals surface area contributed by atoms with E-state index in [0.717, 1.165) is 22.0 Å². The van der Waals surface area contributed by atoms with Crippen molar-refractivity contribution in [3.8, 4) is 0 Å². The number of nitrogens with two attached hydrogens (primary N) is 1. The van der Waals surface area contributed by atoms with Crippen molar-refractivity contribution in [3.63, 3.8) is 0 Å². The lowest BCUT2D eigenvalue weighted by atomic mass is 10.00. The van der Waals surface area contributed by atoms with Gasteiger partial charge < -0.3 is 5.73 Å². The van der Waals surface area contributed by atoms with E-state index >= 15 is 0 Å². The van der Waals surface area contributed by atoms with Crippen molar-refractivity contribution < 1.29 is 4.79 Å². The molecule has 0 fully saturated rings. The summed E-state index contributed by atoms with van der Waals surface area (Å²) in [6.07, 6.45) is 2.57. The van der Waals surface area contributed by atoms with Gasteiger partial charge in [-0.25, -0.2) is 0 Å². The second-order valence-corrected chi connectivity index (χ2v) is 5.12. The van der Waals surface area contributed by atoms with Gasteiger partial charge in [-0.1, -0.05) is 30.3 Å². The van der Waals surface area contributed by atoms with Crippen LogP contribution in [-0.4, -0.2) is 10.8 Å². The number of aromatic nitrogens is 1. The third kappa shape index (κ3) is 3.08. The summed E-state index contributed by atoms with van der Waals surface area (Å²) < 4.78 is 0. The number of pyridine rings is 1. The molecule has 0 spiro atoms. The lowest BCUT2D eigenvalue weighted by Crippen LogP contribution is -2.07. The van der Waals surface area contributed by atoms with E-state index in [1.165, 1.54) is 0 Å². The summed E-state index contributed by atoms with van der Waals surface area (Å²) in [5.74, 6) is 0.178. The zero-order valence-electron chi connectivity index (χ0n) is 11.6. The number of hydrogen-bond acceptors (Lipinski definition) is 3. The summed E-state index contributed by atoms with van der Waals surface area (Å²) >= 11 is 0. The molecule has 2 N–H and O–H groups in total. The largest absolute Gasteiger partial charge is 0.399 e. The number of ketones is 1. The number of fused-ring (bicyclic) bond motifs is 1. The Hall–Kier alpha value is -2.68. The molecule has 2 aromatic carbocycles. The summed E-state index contributed by atoms with van der Waals surface area (Å²) in [4.78, 5) is 16.6. The van der Waals surface area contributed by atoms with Crippen molar-refractivity contribution in [1.82, 2.24) is 4.98 Å². The molecule has 0 saturated heterocycles. The van der Waals surface area contributed by atoms with Gasteiger partial charge in [0, 0.05) is 30.1 Å². The highest BCUT2D eigenvalue weighted by Crippen LogP contribution is 2.17. The van der Waals surface area contributed by atoms with Crippen LogP contribution in [0.4, 0.5) is 5.69 Å². The molecule has 3 nitrogen and oxygen atoms in total. The number of rotatable bonds is 4. The summed E-state index contributed by atoms with van der Waals surface area (Å²) in [6, 6.07) is 17.3. The number of benzene rings is 2. The number of nitrogens with zero attached hydrogens (tertiary/aromatic N) is 1. The van der Waals surface area contributed by atoms with Gasteiger partial charge in [0.25, 0.3) is 0 Å². The highest BCUT2D eigenvalue weighted by atomic mass is 16.1. The highest BCUT2D eigenvalue weighted by molar-refractivity contribution is 5.89.